The van der Waals surface area contributed by atoms with E-state index in [4.69, 9.17) is 5.73 Å². The Kier molecular flexibility index (Phi) is 5.43. The van der Waals surface area contributed by atoms with Gasteiger partial charge in [0.25, 0.3) is 5.69 Å². The van der Waals surface area contributed by atoms with Crippen molar-refractivity contribution in [2.75, 3.05) is 32.9 Å². The van der Waals surface area contributed by atoms with Crippen molar-refractivity contribution < 1.29 is 13.3 Å². The summed E-state index contributed by atoms with van der Waals surface area (Å²) in [4.78, 5) is 11.7. The van der Waals surface area contributed by atoms with Gasteiger partial charge >= 0.3 is 0 Å². The lowest BCUT2D eigenvalue weighted by Crippen LogP contribution is -2.27. The maximum atomic E-state index is 12.0. The monoisotopic (exact) mass is 302 g/mol. The van der Waals surface area contributed by atoms with Crippen LogP contribution in [0.5, 0.6) is 0 Å². The van der Waals surface area contributed by atoms with Crippen LogP contribution in [0.2, 0.25) is 0 Å². The van der Waals surface area contributed by atoms with Gasteiger partial charge in [0.15, 0.2) is 0 Å². The Hall–Kier alpha value is -1.71. The number of nitrogens with one attached hydrogen (secondary N) is 1. The fourth-order valence-corrected chi connectivity index (χ4v) is 2.76. The number of hydrogen-bond donors (Lipinski definition) is 2. The molecule has 0 bridgehead atoms. The molecular weight excluding hydrogens is 284 g/mol. The van der Waals surface area contributed by atoms with Crippen LogP contribution in [0.1, 0.15) is 6.42 Å². The highest BCUT2D eigenvalue weighted by Crippen LogP contribution is 2.23. The van der Waals surface area contributed by atoms with Gasteiger partial charge in [0.1, 0.15) is 4.90 Å². The topological polar surface area (TPSA) is 119 Å². The van der Waals surface area contributed by atoms with E-state index in [1.165, 1.54) is 0 Å². The Bertz CT molecular complexity index is 586. The number of nitrogens with zero attached hydrogens (tertiary/aromatic N) is 2. The van der Waals surface area contributed by atoms with Gasteiger partial charge in [-0.1, -0.05) is 0 Å². The fourth-order valence-electron chi connectivity index (χ4n) is 1.57. The first-order valence-electron chi connectivity index (χ1n) is 5.92. The molecule has 0 amide bonds. The zero-order valence-corrected chi connectivity index (χ0v) is 12.2. The summed E-state index contributed by atoms with van der Waals surface area (Å²) in [6.07, 6.45) is 0.652. The summed E-state index contributed by atoms with van der Waals surface area (Å²) in [7, 11) is 0.0359. The van der Waals surface area contributed by atoms with Crippen LogP contribution in [0, 0.1) is 10.1 Å². The average Bonchev–Trinajstić information content (AvgIpc) is 2.34. The molecule has 0 aromatic heterocycles. The number of sulfonamides is 1. The van der Waals surface area contributed by atoms with E-state index < -0.39 is 14.9 Å². The van der Waals surface area contributed by atoms with Crippen LogP contribution in [-0.2, 0) is 10.0 Å². The number of nitro groups is 1. The van der Waals surface area contributed by atoms with Crippen LogP contribution in [0.4, 0.5) is 11.4 Å². The molecule has 0 saturated heterocycles. The van der Waals surface area contributed by atoms with Crippen LogP contribution < -0.4 is 10.5 Å². The van der Waals surface area contributed by atoms with Crippen molar-refractivity contribution in [2.45, 2.75) is 11.3 Å². The maximum Gasteiger partial charge on any atom is 0.271 e. The summed E-state index contributed by atoms with van der Waals surface area (Å²) < 4.78 is 26.4. The summed E-state index contributed by atoms with van der Waals surface area (Å²) in [6.45, 7) is 1.02. The first-order chi connectivity index (χ1) is 9.24. The van der Waals surface area contributed by atoms with E-state index in [-0.39, 0.29) is 22.8 Å². The zero-order valence-electron chi connectivity index (χ0n) is 11.4. The zero-order chi connectivity index (χ0) is 15.3. The Labute approximate surface area is 117 Å². The Morgan fingerprint density at radius 1 is 1.40 bits per heavy atom. The summed E-state index contributed by atoms with van der Waals surface area (Å²) in [5.74, 6) is 0. The molecule has 0 fully saturated rings. The van der Waals surface area contributed by atoms with Crippen LogP contribution in [-0.4, -0.2) is 45.4 Å². The molecule has 9 heteroatoms. The first kappa shape index (κ1) is 16.3. The first-order valence-corrected chi connectivity index (χ1v) is 7.40. The summed E-state index contributed by atoms with van der Waals surface area (Å²) >= 11 is 0. The quantitative estimate of drug-likeness (QED) is 0.326. The van der Waals surface area contributed by atoms with Gasteiger partial charge in [0.2, 0.25) is 10.0 Å². The Balaban J connectivity index is 2.80. The minimum absolute atomic E-state index is 0.140. The van der Waals surface area contributed by atoms with Gasteiger partial charge < -0.3 is 10.6 Å². The van der Waals surface area contributed by atoms with Gasteiger partial charge in [0, 0.05) is 18.7 Å². The smallest absolute Gasteiger partial charge is 0.271 e. The minimum atomic E-state index is -3.75. The number of nitro benzene ring substituents is 1. The van der Waals surface area contributed by atoms with Crippen molar-refractivity contribution in [3.05, 3.63) is 28.3 Å². The standard InChI is InChI=1S/C11H18N4O4S/c1-14(2)7-3-6-13-20(18,19)11-5-4-9(15(16)17)8-10(11)12/h4-5,8,13H,3,6-7,12H2,1-2H3. The number of rotatable bonds is 7. The summed E-state index contributed by atoms with van der Waals surface area (Å²) in [5.41, 5.74) is 5.18. The molecule has 1 rings (SSSR count). The summed E-state index contributed by atoms with van der Waals surface area (Å²) in [6, 6.07) is 3.29. The molecule has 0 saturated carbocycles. The second kappa shape index (κ2) is 6.64. The van der Waals surface area contributed by atoms with Crippen molar-refractivity contribution >= 4 is 21.4 Å². The number of benzene rings is 1. The van der Waals surface area contributed by atoms with E-state index in [0.717, 1.165) is 24.7 Å². The SMILES string of the molecule is CN(C)CCCNS(=O)(=O)c1ccc([N+](=O)[O-])cc1N. The molecule has 0 spiro atoms. The molecule has 8 nitrogen and oxygen atoms in total. The molecule has 0 unspecified atom stereocenters. The molecule has 1 aromatic carbocycles. The van der Waals surface area contributed by atoms with Crippen molar-refractivity contribution in [2.24, 2.45) is 0 Å². The largest absolute Gasteiger partial charge is 0.397 e. The predicted octanol–water partition coefficient (Wildman–Crippen LogP) is 0.407. The second-order valence-corrected chi connectivity index (χ2v) is 6.27. The van der Waals surface area contributed by atoms with E-state index >= 15 is 0 Å². The van der Waals surface area contributed by atoms with E-state index in [0.29, 0.717) is 6.42 Å². The third-order valence-electron chi connectivity index (χ3n) is 2.57. The highest BCUT2D eigenvalue weighted by Gasteiger charge is 2.19. The normalized spacial score (nSPS) is 11.8. The molecular formula is C11H18N4O4S. The number of hydrogen-bond acceptors (Lipinski definition) is 6. The third-order valence-corrected chi connectivity index (χ3v) is 4.10. The maximum absolute atomic E-state index is 12.0. The van der Waals surface area contributed by atoms with Crippen molar-refractivity contribution in [3.63, 3.8) is 0 Å². The molecule has 0 aliphatic heterocycles. The van der Waals surface area contributed by atoms with Gasteiger partial charge in [-0.2, -0.15) is 0 Å². The van der Waals surface area contributed by atoms with E-state index in [1.54, 1.807) is 0 Å². The highest BCUT2D eigenvalue weighted by atomic mass is 32.2. The van der Waals surface area contributed by atoms with E-state index in [1.807, 2.05) is 19.0 Å². The number of non-ortho nitro benzene ring substituents is 1. The van der Waals surface area contributed by atoms with Crippen molar-refractivity contribution in [1.82, 2.24) is 9.62 Å². The van der Waals surface area contributed by atoms with Crippen LogP contribution in [0.15, 0.2) is 23.1 Å². The Morgan fingerprint density at radius 2 is 2.05 bits per heavy atom. The molecule has 0 aliphatic carbocycles. The fraction of sp³-hybridized carbons (Fsp3) is 0.455. The van der Waals surface area contributed by atoms with Crippen LogP contribution in [0.3, 0.4) is 0 Å². The second-order valence-electron chi connectivity index (χ2n) is 4.53. The van der Waals surface area contributed by atoms with Crippen molar-refractivity contribution in [1.29, 1.82) is 0 Å². The molecule has 0 heterocycles. The average molecular weight is 302 g/mol. The summed E-state index contributed by atoms with van der Waals surface area (Å²) in [5, 5.41) is 10.6. The van der Waals surface area contributed by atoms with Crippen LogP contribution >= 0.6 is 0 Å². The molecule has 0 radical (unpaired) electrons. The van der Waals surface area contributed by atoms with Crippen LogP contribution in [0.25, 0.3) is 0 Å². The van der Waals surface area contributed by atoms with Gasteiger partial charge in [0.05, 0.1) is 10.6 Å². The third kappa shape index (κ3) is 4.44. The van der Waals surface area contributed by atoms with E-state index in [9.17, 15) is 18.5 Å². The minimum Gasteiger partial charge on any atom is -0.397 e. The molecule has 20 heavy (non-hydrogen) atoms. The van der Waals surface area contributed by atoms with Crippen molar-refractivity contribution in [3.8, 4) is 0 Å². The van der Waals surface area contributed by atoms with Gasteiger partial charge in [-0.25, -0.2) is 13.1 Å². The lowest BCUT2D eigenvalue weighted by molar-refractivity contribution is -0.384. The molecule has 1 aromatic rings. The number of nitrogens with two attached hydrogens (primary N) is 1. The van der Waals surface area contributed by atoms with E-state index in [2.05, 4.69) is 4.72 Å². The lowest BCUT2D eigenvalue weighted by atomic mass is 10.3. The van der Waals surface area contributed by atoms with Gasteiger partial charge in [-0.15, -0.1) is 0 Å². The molecule has 112 valence electrons. The molecule has 0 atom stereocenters. The predicted molar refractivity (Wildman–Crippen MR) is 75.9 cm³/mol. The number of nitrogen functional groups attached to an aromatic ring is 1. The molecule has 3 N–H and O–H groups in total. The van der Waals surface area contributed by atoms with Gasteiger partial charge in [-0.3, -0.25) is 10.1 Å². The highest BCUT2D eigenvalue weighted by molar-refractivity contribution is 7.89. The Morgan fingerprint density at radius 3 is 2.55 bits per heavy atom. The lowest BCUT2D eigenvalue weighted by Gasteiger charge is -2.11. The number of anilines is 1. The molecule has 0 aliphatic rings. The van der Waals surface area contributed by atoms with Gasteiger partial charge in [-0.05, 0) is 33.1 Å².